The van der Waals surface area contributed by atoms with Gasteiger partial charge in [0.2, 0.25) is 23.6 Å². The number of hydrogen-bond donors (Lipinski definition) is 6. The zero-order valence-electron chi connectivity index (χ0n) is 29.8. The first kappa shape index (κ1) is 41.9. The molecular formula is C34H52N10O7. The van der Waals surface area contributed by atoms with E-state index < -0.39 is 66.2 Å². The van der Waals surface area contributed by atoms with Gasteiger partial charge in [-0.25, -0.2) is 4.79 Å². The molecule has 6 atom stereocenters. The van der Waals surface area contributed by atoms with Crippen molar-refractivity contribution in [2.75, 3.05) is 19.6 Å². The molecule has 8 N–H and O–H groups in total. The number of Topliss-reactive ketones (excluding diaryl/α,β-unsaturated/α-hetero) is 1. The number of ketones is 1. The van der Waals surface area contributed by atoms with Gasteiger partial charge in [-0.05, 0) is 43.1 Å². The molecule has 1 aliphatic rings. The zero-order valence-corrected chi connectivity index (χ0v) is 29.8. The molecule has 0 unspecified atom stereocenters. The number of nitrogens with two attached hydrogens (primary N) is 2. The lowest BCUT2D eigenvalue weighted by molar-refractivity contribution is -0.143. The highest BCUT2D eigenvalue weighted by atomic mass is 16.5. The fourth-order valence-electron chi connectivity index (χ4n) is 5.45. The number of carbonyl (C=O) groups excluding carboxylic acids is 6. The SMILES string of the molecule is CC[C@H](C)[C@H](NC(=O)[C@H](CCCN=C(N)N)NC(=O)OCc1ccccc1)C(=O)N[C@H](C(=O)N1CCC[C@H]1C(=O)NCC(=O)C=[N+]=[N-])[C@@H](C)CC. The third kappa shape index (κ3) is 13.8. The van der Waals surface area contributed by atoms with Gasteiger partial charge in [-0.3, -0.25) is 29.0 Å². The van der Waals surface area contributed by atoms with Gasteiger partial charge in [-0.15, -0.1) is 0 Å². The second kappa shape index (κ2) is 21.7. The molecular weight excluding hydrogens is 660 g/mol. The molecule has 1 aliphatic heterocycles. The Morgan fingerprint density at radius 2 is 1.65 bits per heavy atom. The van der Waals surface area contributed by atoms with Crippen molar-refractivity contribution >= 4 is 47.7 Å². The summed E-state index contributed by atoms with van der Waals surface area (Å²) in [7, 11) is 0. The molecule has 1 fully saturated rings. The predicted octanol–water partition coefficient (Wildman–Crippen LogP) is 0.374. The number of nitrogens with zero attached hydrogens (tertiary/aromatic N) is 4. The van der Waals surface area contributed by atoms with Crippen molar-refractivity contribution in [1.29, 1.82) is 0 Å². The van der Waals surface area contributed by atoms with E-state index >= 15 is 0 Å². The van der Waals surface area contributed by atoms with Crippen molar-refractivity contribution in [3.05, 3.63) is 41.4 Å². The Labute approximate surface area is 298 Å². The third-order valence-electron chi connectivity index (χ3n) is 8.81. The first-order valence-corrected chi connectivity index (χ1v) is 17.2. The summed E-state index contributed by atoms with van der Waals surface area (Å²) in [5, 5.41) is 10.7. The fourth-order valence-corrected chi connectivity index (χ4v) is 5.45. The lowest BCUT2D eigenvalue weighted by Crippen LogP contribution is -2.60. The van der Waals surface area contributed by atoms with Gasteiger partial charge in [-0.1, -0.05) is 70.9 Å². The van der Waals surface area contributed by atoms with Crippen molar-refractivity contribution in [2.24, 2.45) is 28.3 Å². The van der Waals surface area contributed by atoms with Crippen LogP contribution in [0.4, 0.5) is 4.79 Å². The van der Waals surface area contributed by atoms with E-state index in [4.69, 9.17) is 21.7 Å². The van der Waals surface area contributed by atoms with Crippen LogP contribution in [0.2, 0.25) is 0 Å². The lowest BCUT2D eigenvalue weighted by Gasteiger charge is -2.33. The number of rotatable bonds is 20. The summed E-state index contributed by atoms with van der Waals surface area (Å²) in [6.07, 6.45) is 2.20. The molecule has 0 aromatic heterocycles. The van der Waals surface area contributed by atoms with E-state index in [0.29, 0.717) is 38.3 Å². The summed E-state index contributed by atoms with van der Waals surface area (Å²) in [5.41, 5.74) is 20.1. The molecule has 2 rings (SSSR count). The summed E-state index contributed by atoms with van der Waals surface area (Å²) in [5.74, 6) is -3.70. The molecule has 1 saturated heterocycles. The van der Waals surface area contributed by atoms with Gasteiger partial charge < -0.3 is 47.9 Å². The minimum absolute atomic E-state index is 0.0197. The number of ether oxygens (including phenoxy) is 1. The molecule has 51 heavy (non-hydrogen) atoms. The first-order valence-electron chi connectivity index (χ1n) is 17.2. The summed E-state index contributed by atoms with van der Waals surface area (Å²) < 4.78 is 5.32. The number of benzene rings is 1. The molecule has 17 heteroatoms. The van der Waals surface area contributed by atoms with Crippen molar-refractivity contribution in [2.45, 2.75) is 97.0 Å². The second-order valence-corrected chi connectivity index (χ2v) is 12.6. The second-order valence-electron chi connectivity index (χ2n) is 12.6. The number of guanidine groups is 1. The van der Waals surface area contributed by atoms with Gasteiger partial charge in [0.1, 0.15) is 30.8 Å². The quantitative estimate of drug-likeness (QED) is 0.0358. The Morgan fingerprint density at radius 3 is 2.27 bits per heavy atom. The van der Waals surface area contributed by atoms with Crippen molar-refractivity contribution < 1.29 is 38.3 Å². The van der Waals surface area contributed by atoms with E-state index in [1.54, 1.807) is 38.1 Å². The predicted molar refractivity (Wildman–Crippen MR) is 189 cm³/mol. The third-order valence-corrected chi connectivity index (χ3v) is 8.81. The van der Waals surface area contributed by atoms with Crippen LogP contribution in [0.3, 0.4) is 0 Å². The van der Waals surface area contributed by atoms with Gasteiger partial charge >= 0.3 is 12.3 Å². The Balaban J connectivity index is 2.23. The Bertz CT molecular complexity index is 1430. The number of likely N-dealkylation sites (tertiary alicyclic amines) is 1. The topological polar surface area (TPSA) is 264 Å². The number of carbonyl (C=O) groups is 6. The number of aliphatic imine (C=N–C) groups is 1. The zero-order chi connectivity index (χ0) is 37.9. The van der Waals surface area contributed by atoms with Crippen molar-refractivity contribution in [3.8, 4) is 0 Å². The molecule has 1 aromatic rings. The van der Waals surface area contributed by atoms with Crippen LogP contribution in [0, 0.1) is 11.8 Å². The number of nitrogens with one attached hydrogen (secondary N) is 4. The Kier molecular flexibility index (Phi) is 17.8. The van der Waals surface area contributed by atoms with E-state index in [2.05, 4.69) is 31.0 Å². The minimum atomic E-state index is -1.10. The van der Waals surface area contributed by atoms with E-state index in [0.717, 1.165) is 5.56 Å². The van der Waals surface area contributed by atoms with E-state index in [-0.39, 0.29) is 43.9 Å². The van der Waals surface area contributed by atoms with Crippen molar-refractivity contribution in [3.63, 3.8) is 0 Å². The Hall–Kier alpha value is -5.31. The van der Waals surface area contributed by atoms with Crippen LogP contribution in [0.1, 0.15) is 71.8 Å². The van der Waals surface area contributed by atoms with Crippen LogP contribution in [0.25, 0.3) is 5.53 Å². The largest absolute Gasteiger partial charge is 0.445 e. The van der Waals surface area contributed by atoms with Crippen LogP contribution >= 0.6 is 0 Å². The molecule has 17 nitrogen and oxygen atoms in total. The highest BCUT2D eigenvalue weighted by molar-refractivity contribution is 6.26. The summed E-state index contributed by atoms with van der Waals surface area (Å²) in [6.45, 7) is 7.34. The van der Waals surface area contributed by atoms with Gasteiger partial charge in [-0.2, -0.15) is 4.79 Å². The molecule has 0 saturated carbocycles. The molecule has 5 amide bonds. The Morgan fingerprint density at radius 1 is 1.00 bits per heavy atom. The molecule has 0 aliphatic carbocycles. The lowest BCUT2D eigenvalue weighted by atomic mass is 9.94. The van der Waals surface area contributed by atoms with Crippen LogP contribution < -0.4 is 32.7 Å². The summed E-state index contributed by atoms with van der Waals surface area (Å²) in [6, 6.07) is 4.94. The molecule has 0 spiro atoms. The maximum Gasteiger partial charge on any atom is 0.408 e. The summed E-state index contributed by atoms with van der Waals surface area (Å²) in [4.78, 5) is 86.9. The number of hydrogen-bond acceptors (Lipinski definition) is 8. The van der Waals surface area contributed by atoms with Gasteiger partial charge in [0, 0.05) is 13.1 Å². The average Bonchev–Trinajstić information content (AvgIpc) is 3.62. The smallest absolute Gasteiger partial charge is 0.408 e. The first-order chi connectivity index (χ1) is 24.3. The van der Waals surface area contributed by atoms with E-state index in [1.165, 1.54) is 4.90 Å². The van der Waals surface area contributed by atoms with Crippen LogP contribution in [-0.2, 0) is 35.3 Å². The monoisotopic (exact) mass is 712 g/mol. The van der Waals surface area contributed by atoms with Gasteiger partial charge in [0.25, 0.3) is 5.78 Å². The molecule has 280 valence electrons. The normalized spacial score (nSPS) is 16.5. The fraction of sp³-hybridized carbons (Fsp3) is 0.588. The highest BCUT2D eigenvalue weighted by Gasteiger charge is 2.40. The maximum atomic E-state index is 13.9. The highest BCUT2D eigenvalue weighted by Crippen LogP contribution is 2.22. The minimum Gasteiger partial charge on any atom is -0.445 e. The van der Waals surface area contributed by atoms with Crippen LogP contribution in [0.5, 0.6) is 0 Å². The standard InChI is InChI=1S/C34H52N10O7/c1-5-21(3)27(42-29(46)25(14-10-16-38-33(35)36)41-34(50)51-20-23-12-8-7-9-13-23)31(48)43-28(22(4)6-2)32(49)44-17-11-15-26(44)30(47)39-18-24(45)19-40-37/h7-9,12-13,19,21-22,25-28H,5-6,10-11,14-18,20H2,1-4H3,(H,39,47)(H,41,50)(H,42,46)(H,43,48)(H4,35,36,38)/t21-,22-,25-,26-,27-,28-/m0/s1. The van der Waals surface area contributed by atoms with Crippen molar-refractivity contribution in [1.82, 2.24) is 26.2 Å². The molecule has 1 heterocycles. The molecule has 0 radical (unpaired) electrons. The number of amides is 5. The number of alkyl carbamates (subject to hydrolysis) is 1. The maximum absolute atomic E-state index is 13.9. The van der Waals surface area contributed by atoms with E-state index in [9.17, 15) is 28.8 Å². The average molecular weight is 713 g/mol. The van der Waals surface area contributed by atoms with Crippen LogP contribution in [0.15, 0.2) is 35.3 Å². The molecule has 0 bridgehead atoms. The summed E-state index contributed by atoms with van der Waals surface area (Å²) >= 11 is 0. The van der Waals surface area contributed by atoms with Crippen LogP contribution in [-0.4, -0.2) is 101 Å². The van der Waals surface area contributed by atoms with Gasteiger partial charge in [0.15, 0.2) is 5.96 Å². The van der Waals surface area contributed by atoms with E-state index in [1.807, 2.05) is 19.9 Å². The van der Waals surface area contributed by atoms with Gasteiger partial charge in [0.05, 0.1) is 6.54 Å². The molecule has 1 aromatic carbocycles.